The van der Waals surface area contributed by atoms with Crippen molar-refractivity contribution in [3.63, 3.8) is 0 Å². The van der Waals surface area contributed by atoms with E-state index in [1.54, 1.807) is 44.4 Å². The number of esters is 1. The molecule has 2 aromatic heterocycles. The van der Waals surface area contributed by atoms with E-state index in [4.69, 9.17) is 13.9 Å². The minimum Gasteiger partial charge on any atom is -0.497 e. The van der Waals surface area contributed by atoms with Crippen LogP contribution in [0.15, 0.2) is 40.8 Å². The van der Waals surface area contributed by atoms with Gasteiger partial charge in [-0.15, -0.1) is 21.5 Å². The minimum absolute atomic E-state index is 0.000402. The fourth-order valence-corrected chi connectivity index (χ4v) is 3.31. The number of benzene rings is 1. The van der Waals surface area contributed by atoms with Crippen molar-refractivity contribution in [3.8, 4) is 17.2 Å². The molecular weight excluding hydrogens is 380 g/mol. The quantitative estimate of drug-likeness (QED) is 0.409. The molecule has 0 aliphatic heterocycles. The topological polar surface area (TPSA) is 91.5 Å². The number of rotatable bonds is 8. The van der Waals surface area contributed by atoms with E-state index in [0.29, 0.717) is 10.8 Å². The van der Waals surface area contributed by atoms with E-state index in [0.717, 1.165) is 16.2 Å². The van der Waals surface area contributed by atoms with Gasteiger partial charge in [0.1, 0.15) is 5.75 Å². The van der Waals surface area contributed by atoms with Gasteiger partial charge in [-0.3, -0.25) is 9.59 Å². The lowest BCUT2D eigenvalue weighted by Crippen LogP contribution is -2.11. The number of thiophene rings is 1. The molecule has 0 aliphatic carbocycles. The first-order valence-electron chi connectivity index (χ1n) is 8.73. The van der Waals surface area contributed by atoms with Gasteiger partial charge in [0.15, 0.2) is 11.9 Å². The maximum Gasteiger partial charge on any atom is 0.307 e. The molecule has 2 heterocycles. The van der Waals surface area contributed by atoms with Crippen LogP contribution in [-0.4, -0.2) is 29.1 Å². The molecule has 0 aliphatic rings. The molecule has 0 bridgehead atoms. The lowest BCUT2D eigenvalue weighted by atomic mass is 10.2. The Bertz CT molecular complexity index is 961. The zero-order chi connectivity index (χ0) is 20.1. The van der Waals surface area contributed by atoms with E-state index in [-0.39, 0.29) is 24.5 Å². The van der Waals surface area contributed by atoms with Crippen LogP contribution in [0.3, 0.4) is 0 Å². The molecule has 146 valence electrons. The lowest BCUT2D eigenvalue weighted by Gasteiger charge is -2.08. The highest BCUT2D eigenvalue weighted by atomic mass is 32.1. The van der Waals surface area contributed by atoms with Crippen LogP contribution < -0.4 is 4.74 Å². The SMILES string of the molecule is COc1ccc(-c2nnc([C@H](C)OC(=O)CCC(=O)c3ccc(C)s3)o2)cc1. The normalized spacial score (nSPS) is 11.8. The number of carbonyl (C=O) groups excluding carboxylic acids is 2. The predicted molar refractivity (Wildman–Crippen MR) is 103 cm³/mol. The Morgan fingerprint density at radius 3 is 2.50 bits per heavy atom. The number of aromatic nitrogens is 2. The molecular formula is C20H20N2O5S. The molecule has 28 heavy (non-hydrogen) atoms. The zero-order valence-electron chi connectivity index (χ0n) is 15.8. The summed E-state index contributed by atoms with van der Waals surface area (Å²) < 4.78 is 16.0. The third-order valence-corrected chi connectivity index (χ3v) is 5.05. The maximum atomic E-state index is 12.1. The molecule has 0 radical (unpaired) electrons. The third kappa shape index (κ3) is 4.83. The number of hydrogen-bond donors (Lipinski definition) is 0. The fraction of sp³-hybridized carbons (Fsp3) is 0.300. The summed E-state index contributed by atoms with van der Waals surface area (Å²) in [5.41, 5.74) is 0.731. The van der Waals surface area contributed by atoms with Crippen molar-refractivity contribution in [2.75, 3.05) is 7.11 Å². The molecule has 1 atom stereocenters. The first kappa shape index (κ1) is 19.8. The Morgan fingerprint density at radius 1 is 1.11 bits per heavy atom. The van der Waals surface area contributed by atoms with Gasteiger partial charge in [-0.05, 0) is 50.2 Å². The predicted octanol–water partition coefficient (Wildman–Crippen LogP) is 4.38. The van der Waals surface area contributed by atoms with Crippen molar-refractivity contribution in [2.24, 2.45) is 0 Å². The zero-order valence-corrected chi connectivity index (χ0v) is 16.6. The van der Waals surface area contributed by atoms with Crippen LogP contribution in [0.1, 0.15) is 46.3 Å². The van der Waals surface area contributed by atoms with Crippen molar-refractivity contribution in [1.29, 1.82) is 0 Å². The summed E-state index contributed by atoms with van der Waals surface area (Å²) in [4.78, 5) is 25.8. The molecule has 0 fully saturated rings. The number of hydrogen-bond acceptors (Lipinski definition) is 8. The Labute approximate surface area is 166 Å². The smallest absolute Gasteiger partial charge is 0.307 e. The van der Waals surface area contributed by atoms with Crippen LogP contribution in [0.4, 0.5) is 0 Å². The second-order valence-electron chi connectivity index (χ2n) is 6.14. The Morgan fingerprint density at radius 2 is 1.86 bits per heavy atom. The summed E-state index contributed by atoms with van der Waals surface area (Å²) in [5, 5.41) is 7.93. The van der Waals surface area contributed by atoms with Crippen LogP contribution in [0.2, 0.25) is 0 Å². The van der Waals surface area contributed by atoms with E-state index >= 15 is 0 Å². The number of ketones is 1. The molecule has 1 aromatic carbocycles. The molecule has 0 N–H and O–H groups in total. The molecule has 0 saturated heterocycles. The molecule has 3 aromatic rings. The van der Waals surface area contributed by atoms with Crippen LogP contribution >= 0.6 is 11.3 Å². The Balaban J connectivity index is 1.54. The second kappa shape index (κ2) is 8.79. The monoisotopic (exact) mass is 400 g/mol. The van der Waals surface area contributed by atoms with Gasteiger partial charge in [0.05, 0.1) is 18.4 Å². The average molecular weight is 400 g/mol. The highest BCUT2D eigenvalue weighted by molar-refractivity contribution is 7.14. The lowest BCUT2D eigenvalue weighted by molar-refractivity contribution is -0.149. The molecule has 0 saturated carbocycles. The van der Waals surface area contributed by atoms with Crippen molar-refractivity contribution >= 4 is 23.1 Å². The number of Topliss-reactive ketones (excluding diaryl/α,β-unsaturated/α-hetero) is 1. The van der Waals surface area contributed by atoms with Crippen LogP contribution in [0, 0.1) is 6.92 Å². The Kier molecular flexibility index (Phi) is 6.20. The summed E-state index contributed by atoms with van der Waals surface area (Å²) in [6.07, 6.45) is -0.599. The Hall–Kier alpha value is -3.00. The van der Waals surface area contributed by atoms with Crippen molar-refractivity contribution in [2.45, 2.75) is 32.8 Å². The number of nitrogens with zero attached hydrogens (tertiary/aromatic N) is 2. The van der Waals surface area contributed by atoms with Gasteiger partial charge in [0, 0.05) is 16.9 Å². The van der Waals surface area contributed by atoms with Crippen LogP contribution in [0.25, 0.3) is 11.5 Å². The summed E-state index contributed by atoms with van der Waals surface area (Å²) in [6.45, 7) is 3.58. The summed E-state index contributed by atoms with van der Waals surface area (Å²) in [6, 6.07) is 10.8. The van der Waals surface area contributed by atoms with Gasteiger partial charge >= 0.3 is 5.97 Å². The maximum absolute atomic E-state index is 12.1. The van der Waals surface area contributed by atoms with E-state index in [1.807, 2.05) is 13.0 Å². The van der Waals surface area contributed by atoms with Gasteiger partial charge in [-0.25, -0.2) is 0 Å². The first-order chi connectivity index (χ1) is 13.5. The van der Waals surface area contributed by atoms with E-state index < -0.39 is 12.1 Å². The summed E-state index contributed by atoms with van der Waals surface area (Å²) in [7, 11) is 1.59. The van der Waals surface area contributed by atoms with Crippen molar-refractivity contribution in [3.05, 3.63) is 52.0 Å². The molecule has 7 nitrogen and oxygen atoms in total. The largest absolute Gasteiger partial charge is 0.497 e. The van der Waals surface area contributed by atoms with Crippen LogP contribution in [-0.2, 0) is 9.53 Å². The van der Waals surface area contributed by atoms with Gasteiger partial charge < -0.3 is 13.9 Å². The van der Waals surface area contributed by atoms with Crippen molar-refractivity contribution in [1.82, 2.24) is 10.2 Å². The minimum atomic E-state index is -0.703. The summed E-state index contributed by atoms with van der Waals surface area (Å²) >= 11 is 1.42. The molecule has 3 rings (SSSR count). The molecule has 8 heteroatoms. The molecule has 0 unspecified atom stereocenters. The highest BCUT2D eigenvalue weighted by Gasteiger charge is 2.20. The highest BCUT2D eigenvalue weighted by Crippen LogP contribution is 2.24. The van der Waals surface area contributed by atoms with E-state index in [9.17, 15) is 9.59 Å². The first-order valence-corrected chi connectivity index (χ1v) is 9.55. The second-order valence-corrected chi connectivity index (χ2v) is 7.43. The van der Waals surface area contributed by atoms with Gasteiger partial charge in [-0.2, -0.15) is 0 Å². The number of carbonyl (C=O) groups is 2. The molecule has 0 amide bonds. The van der Waals surface area contributed by atoms with Gasteiger partial charge in [0.2, 0.25) is 5.89 Å². The molecule has 0 spiro atoms. The van der Waals surface area contributed by atoms with E-state index in [2.05, 4.69) is 10.2 Å². The summed E-state index contributed by atoms with van der Waals surface area (Å²) in [5.74, 6) is 0.682. The van der Waals surface area contributed by atoms with Gasteiger partial charge in [-0.1, -0.05) is 0 Å². The van der Waals surface area contributed by atoms with Crippen LogP contribution in [0.5, 0.6) is 5.75 Å². The third-order valence-electron chi connectivity index (χ3n) is 4.00. The number of methoxy groups -OCH3 is 1. The standard InChI is InChI=1S/C20H20N2O5S/c1-12-4-10-17(28-12)16(23)9-11-18(24)26-13(2)19-21-22-20(27-19)14-5-7-15(25-3)8-6-14/h4-8,10,13H,9,11H2,1-3H3/t13-/m0/s1. The van der Waals surface area contributed by atoms with Gasteiger partial charge in [0.25, 0.3) is 5.89 Å². The fourth-order valence-electron chi connectivity index (χ4n) is 2.48. The number of aryl methyl sites for hydroxylation is 1. The average Bonchev–Trinajstić information content (AvgIpc) is 3.35. The van der Waals surface area contributed by atoms with Crippen molar-refractivity contribution < 1.29 is 23.5 Å². The number of ether oxygens (including phenoxy) is 2. The van der Waals surface area contributed by atoms with E-state index in [1.165, 1.54) is 11.3 Å².